The molecule has 3 aromatic carbocycles. The molecule has 0 bridgehead atoms. The third kappa shape index (κ3) is 3.21. The minimum Gasteiger partial charge on any atom is -0.318 e. The molecule has 0 amide bonds. The van der Waals surface area contributed by atoms with Gasteiger partial charge < -0.3 is 4.90 Å². The highest BCUT2D eigenvalue weighted by molar-refractivity contribution is 6.45. The van der Waals surface area contributed by atoms with E-state index in [1.54, 1.807) is 6.08 Å². The van der Waals surface area contributed by atoms with Crippen molar-refractivity contribution in [1.82, 2.24) is 14.7 Å². The van der Waals surface area contributed by atoms with Gasteiger partial charge in [-0.15, -0.1) is 0 Å². The van der Waals surface area contributed by atoms with Crippen LogP contribution in [0.2, 0.25) is 0 Å². The standard InChI is InChI=1S/C27H20Cl2N4/c1-16-10-12-20(13-11-16)33-27-24(17(2)31-33)25(32-15-19(28)14-23(29)26(32)30-27)22-9-5-7-18-6-3-4-8-21(18)22/h3-15,25H,1-2H3. The normalized spacial score (nSPS) is 17.3. The minimum atomic E-state index is -0.172. The Morgan fingerprint density at radius 1 is 0.879 bits per heavy atom. The van der Waals surface area contributed by atoms with E-state index in [4.69, 9.17) is 33.3 Å². The molecule has 33 heavy (non-hydrogen) atoms. The number of aromatic nitrogens is 2. The van der Waals surface area contributed by atoms with Gasteiger partial charge in [0.2, 0.25) is 0 Å². The van der Waals surface area contributed by atoms with Crippen molar-refractivity contribution in [2.24, 2.45) is 4.99 Å². The number of hydrogen-bond acceptors (Lipinski definition) is 3. The lowest BCUT2D eigenvalue weighted by molar-refractivity contribution is 0.463. The van der Waals surface area contributed by atoms with E-state index in [0.717, 1.165) is 28.3 Å². The molecule has 4 nitrogen and oxygen atoms in total. The second-order valence-corrected chi connectivity index (χ2v) is 9.23. The molecule has 0 saturated heterocycles. The summed E-state index contributed by atoms with van der Waals surface area (Å²) >= 11 is 13.2. The molecule has 6 rings (SSSR count). The molecule has 0 N–H and O–H groups in total. The molecular weight excluding hydrogens is 451 g/mol. The first-order valence-corrected chi connectivity index (χ1v) is 11.5. The van der Waals surface area contributed by atoms with Crippen molar-refractivity contribution in [2.45, 2.75) is 19.9 Å². The fraction of sp³-hybridized carbons (Fsp3) is 0.111. The summed E-state index contributed by atoms with van der Waals surface area (Å²) < 4.78 is 1.91. The molecule has 6 heteroatoms. The lowest BCUT2D eigenvalue weighted by atomic mass is 9.91. The fourth-order valence-corrected chi connectivity index (χ4v) is 5.23. The molecule has 2 aliphatic rings. The van der Waals surface area contributed by atoms with Crippen molar-refractivity contribution in [3.8, 4) is 5.69 Å². The summed E-state index contributed by atoms with van der Waals surface area (Å²) in [7, 11) is 0. The summed E-state index contributed by atoms with van der Waals surface area (Å²) in [6.45, 7) is 4.11. The fourth-order valence-electron chi connectivity index (χ4n) is 4.70. The average molecular weight is 471 g/mol. The number of allylic oxidation sites excluding steroid dienone is 2. The van der Waals surface area contributed by atoms with Crippen LogP contribution >= 0.6 is 23.2 Å². The summed E-state index contributed by atoms with van der Waals surface area (Å²) in [6, 6.07) is 22.9. The average Bonchev–Trinajstić information content (AvgIpc) is 3.14. The van der Waals surface area contributed by atoms with Gasteiger partial charge in [-0.2, -0.15) is 5.10 Å². The second kappa shape index (κ2) is 7.62. The van der Waals surface area contributed by atoms with E-state index in [1.807, 2.05) is 17.8 Å². The first-order chi connectivity index (χ1) is 16.0. The number of fused-ring (bicyclic) bond motifs is 3. The van der Waals surface area contributed by atoms with Gasteiger partial charge in [0.05, 0.1) is 27.5 Å². The van der Waals surface area contributed by atoms with E-state index >= 15 is 0 Å². The topological polar surface area (TPSA) is 33.4 Å². The lowest BCUT2D eigenvalue weighted by Crippen LogP contribution is -2.36. The summed E-state index contributed by atoms with van der Waals surface area (Å²) in [5, 5.41) is 8.34. The van der Waals surface area contributed by atoms with Crippen LogP contribution in [0.1, 0.15) is 28.4 Å². The van der Waals surface area contributed by atoms with Gasteiger partial charge in [-0.3, -0.25) is 0 Å². The van der Waals surface area contributed by atoms with E-state index in [0.29, 0.717) is 15.9 Å². The zero-order chi connectivity index (χ0) is 22.7. The molecule has 3 heterocycles. The number of hydrogen-bond donors (Lipinski definition) is 0. The molecule has 0 saturated carbocycles. The predicted molar refractivity (Wildman–Crippen MR) is 136 cm³/mol. The van der Waals surface area contributed by atoms with Crippen molar-refractivity contribution in [2.75, 3.05) is 0 Å². The van der Waals surface area contributed by atoms with Crippen LogP contribution in [-0.4, -0.2) is 20.5 Å². The summed E-state index contributed by atoms with van der Waals surface area (Å²) in [6.07, 6.45) is 3.65. The number of aryl methyl sites for hydroxylation is 2. The van der Waals surface area contributed by atoms with Crippen LogP contribution in [0.4, 0.5) is 5.82 Å². The summed E-state index contributed by atoms with van der Waals surface area (Å²) in [5.41, 5.74) is 5.27. The Morgan fingerprint density at radius 3 is 2.45 bits per heavy atom. The molecule has 0 aliphatic carbocycles. The van der Waals surface area contributed by atoms with Gasteiger partial charge in [0.25, 0.3) is 0 Å². The van der Waals surface area contributed by atoms with E-state index in [2.05, 4.69) is 78.6 Å². The Bertz CT molecular complexity index is 1500. The van der Waals surface area contributed by atoms with Gasteiger partial charge in [0.15, 0.2) is 11.7 Å². The Hall–Kier alpha value is -3.34. The number of amidine groups is 1. The maximum absolute atomic E-state index is 6.68. The van der Waals surface area contributed by atoms with Gasteiger partial charge >= 0.3 is 0 Å². The maximum Gasteiger partial charge on any atom is 0.164 e. The van der Waals surface area contributed by atoms with Crippen molar-refractivity contribution in [3.63, 3.8) is 0 Å². The highest BCUT2D eigenvalue weighted by Crippen LogP contribution is 2.46. The zero-order valence-electron chi connectivity index (χ0n) is 18.1. The molecule has 0 fully saturated rings. The molecule has 2 aliphatic heterocycles. The number of halogens is 2. The van der Waals surface area contributed by atoms with Crippen LogP contribution in [0.25, 0.3) is 16.5 Å². The second-order valence-electron chi connectivity index (χ2n) is 8.39. The Labute approximate surface area is 202 Å². The number of rotatable bonds is 2. The van der Waals surface area contributed by atoms with E-state index in [-0.39, 0.29) is 6.04 Å². The van der Waals surface area contributed by atoms with Crippen LogP contribution in [0.5, 0.6) is 0 Å². The Kier molecular flexibility index (Phi) is 4.68. The monoisotopic (exact) mass is 470 g/mol. The maximum atomic E-state index is 6.68. The molecule has 0 radical (unpaired) electrons. The van der Waals surface area contributed by atoms with Crippen LogP contribution in [0, 0.1) is 13.8 Å². The van der Waals surface area contributed by atoms with Crippen LogP contribution in [0.15, 0.2) is 94.1 Å². The van der Waals surface area contributed by atoms with Crippen molar-refractivity contribution >= 4 is 45.6 Å². The van der Waals surface area contributed by atoms with Gasteiger partial charge in [-0.05, 0) is 48.4 Å². The summed E-state index contributed by atoms with van der Waals surface area (Å²) in [5.74, 6) is 1.46. The number of benzene rings is 3. The molecular formula is C27H20Cl2N4. The smallest absolute Gasteiger partial charge is 0.164 e. The SMILES string of the molecule is Cc1ccc(-n2nc(C)c3c2N=C2C(Cl)=CC(Cl)=CN2C3c2cccc3ccccc23)cc1. The molecule has 1 atom stereocenters. The van der Waals surface area contributed by atoms with E-state index in [1.165, 1.54) is 16.3 Å². The van der Waals surface area contributed by atoms with Crippen LogP contribution < -0.4 is 0 Å². The van der Waals surface area contributed by atoms with Gasteiger partial charge in [-0.1, -0.05) is 83.4 Å². The van der Waals surface area contributed by atoms with E-state index < -0.39 is 0 Å². The minimum absolute atomic E-state index is 0.172. The quantitative estimate of drug-likeness (QED) is 0.308. The van der Waals surface area contributed by atoms with Crippen molar-refractivity contribution in [1.29, 1.82) is 0 Å². The third-order valence-electron chi connectivity index (χ3n) is 6.23. The van der Waals surface area contributed by atoms with Crippen molar-refractivity contribution < 1.29 is 0 Å². The van der Waals surface area contributed by atoms with Gasteiger partial charge in [0.1, 0.15) is 0 Å². The van der Waals surface area contributed by atoms with Crippen LogP contribution in [0.3, 0.4) is 0 Å². The molecule has 162 valence electrons. The summed E-state index contributed by atoms with van der Waals surface area (Å²) in [4.78, 5) is 7.07. The first kappa shape index (κ1) is 20.3. The molecule has 4 aromatic rings. The Morgan fingerprint density at radius 2 is 1.64 bits per heavy atom. The first-order valence-electron chi connectivity index (χ1n) is 10.8. The highest BCUT2D eigenvalue weighted by Gasteiger charge is 2.38. The predicted octanol–water partition coefficient (Wildman–Crippen LogP) is 7.29. The third-order valence-corrected chi connectivity index (χ3v) is 6.71. The van der Waals surface area contributed by atoms with Crippen molar-refractivity contribution in [3.05, 3.63) is 111 Å². The van der Waals surface area contributed by atoms with E-state index in [9.17, 15) is 0 Å². The Balaban J connectivity index is 1.66. The molecule has 0 spiro atoms. The van der Waals surface area contributed by atoms with Crippen LogP contribution in [-0.2, 0) is 0 Å². The number of nitrogens with zero attached hydrogens (tertiary/aromatic N) is 4. The number of aliphatic imine (C=N–C) groups is 1. The highest BCUT2D eigenvalue weighted by atomic mass is 35.5. The molecule has 1 aromatic heterocycles. The van der Waals surface area contributed by atoms with Gasteiger partial charge in [0, 0.05) is 11.8 Å². The zero-order valence-corrected chi connectivity index (χ0v) is 19.6. The van der Waals surface area contributed by atoms with Gasteiger partial charge in [-0.25, -0.2) is 9.67 Å². The lowest BCUT2D eigenvalue weighted by Gasteiger charge is -2.37. The molecule has 1 unspecified atom stereocenters. The largest absolute Gasteiger partial charge is 0.318 e.